The van der Waals surface area contributed by atoms with E-state index in [0.29, 0.717) is 27.2 Å². The quantitative estimate of drug-likeness (QED) is 0.397. The van der Waals surface area contributed by atoms with Gasteiger partial charge in [0.1, 0.15) is 5.75 Å². The van der Waals surface area contributed by atoms with Crippen LogP contribution in [0, 0.1) is 6.92 Å². The second kappa shape index (κ2) is 8.60. The number of anilines is 1. The normalized spacial score (nSPS) is 11.4. The number of nitrogens with one attached hydrogen (secondary N) is 2. The van der Waals surface area contributed by atoms with Gasteiger partial charge in [-0.1, -0.05) is 59.6 Å². The number of benzene rings is 3. The zero-order valence-corrected chi connectivity index (χ0v) is 17.5. The summed E-state index contributed by atoms with van der Waals surface area (Å²) in [5, 5.41) is 17.4. The third-order valence-corrected chi connectivity index (χ3v) is 4.95. The fraction of sp³-hybridized carbons (Fsp3) is 0.0870. The summed E-state index contributed by atoms with van der Waals surface area (Å²) in [6.07, 6.45) is 1.80. The minimum Gasteiger partial charge on any atom is -0.508 e. The maximum Gasteiger partial charge on any atom is 0.323 e. The van der Waals surface area contributed by atoms with Gasteiger partial charge in [-0.15, -0.1) is 0 Å². The molecule has 0 radical (unpaired) electrons. The topological polar surface area (TPSA) is 61.4 Å². The van der Waals surface area contributed by atoms with Crippen molar-refractivity contribution in [1.29, 1.82) is 0 Å². The highest BCUT2D eigenvalue weighted by molar-refractivity contribution is 6.41. The van der Waals surface area contributed by atoms with Crippen molar-refractivity contribution in [2.75, 3.05) is 5.32 Å². The van der Waals surface area contributed by atoms with E-state index < -0.39 is 6.03 Å². The van der Waals surface area contributed by atoms with E-state index in [1.54, 1.807) is 18.2 Å². The van der Waals surface area contributed by atoms with Crippen LogP contribution in [0.4, 0.5) is 10.5 Å². The second-order valence-electron chi connectivity index (χ2n) is 6.74. The number of halogens is 2. The number of carbonyl (C=O) groups is 1. The van der Waals surface area contributed by atoms with Gasteiger partial charge in [0.25, 0.3) is 0 Å². The van der Waals surface area contributed by atoms with Crippen LogP contribution in [0.15, 0.2) is 66.8 Å². The predicted octanol–water partition coefficient (Wildman–Crippen LogP) is 6.90. The lowest BCUT2D eigenvalue weighted by Crippen LogP contribution is -2.28. The Labute approximate surface area is 179 Å². The molecule has 0 aliphatic carbocycles. The Morgan fingerprint density at radius 2 is 1.79 bits per heavy atom. The van der Waals surface area contributed by atoms with Gasteiger partial charge in [-0.2, -0.15) is 0 Å². The molecule has 0 aliphatic heterocycles. The monoisotopic (exact) mass is 426 g/mol. The van der Waals surface area contributed by atoms with Crippen molar-refractivity contribution in [1.82, 2.24) is 5.32 Å². The Kier molecular flexibility index (Phi) is 6.16. The third-order valence-electron chi connectivity index (χ3n) is 4.33. The summed E-state index contributed by atoms with van der Waals surface area (Å²) >= 11 is 12.6. The van der Waals surface area contributed by atoms with E-state index in [9.17, 15) is 9.90 Å². The molecule has 148 valence electrons. The van der Waals surface area contributed by atoms with Gasteiger partial charge in [-0.3, -0.25) is 0 Å². The summed E-state index contributed by atoms with van der Waals surface area (Å²) in [6.45, 7) is 7.72. The molecule has 0 heterocycles. The molecule has 3 aromatic carbocycles. The van der Waals surface area contributed by atoms with E-state index in [2.05, 4.69) is 17.2 Å². The molecule has 3 aromatic rings. The Morgan fingerprint density at radius 3 is 2.48 bits per heavy atom. The number of phenols is 1. The molecule has 2 amide bonds. The van der Waals surface area contributed by atoms with Crippen molar-refractivity contribution < 1.29 is 9.90 Å². The molecule has 0 saturated carbocycles. The standard InChI is InChI=1S/C23H20Cl2N2O2/c1-13(2)10-21(16-7-5-4-6-14(16)3)26-23(29)27-22-18-11-15(28)8-9-17(18)19(24)12-20(22)25/h4-12,28H,1H2,2-3H3,(H2,26,27,29)/b21-10+. The van der Waals surface area contributed by atoms with Crippen molar-refractivity contribution in [3.05, 3.63) is 87.9 Å². The highest BCUT2D eigenvalue weighted by Crippen LogP contribution is 2.38. The molecule has 3 rings (SSSR count). The lowest BCUT2D eigenvalue weighted by molar-refractivity contribution is 0.255. The Bertz CT molecular complexity index is 1150. The number of fused-ring (bicyclic) bond motifs is 1. The molecular formula is C23H20Cl2N2O2. The fourth-order valence-corrected chi connectivity index (χ4v) is 3.62. The Morgan fingerprint density at radius 1 is 1.07 bits per heavy atom. The van der Waals surface area contributed by atoms with Gasteiger partial charge in [0, 0.05) is 16.3 Å². The van der Waals surface area contributed by atoms with E-state index in [1.165, 1.54) is 12.1 Å². The number of urea groups is 1. The predicted molar refractivity (Wildman–Crippen MR) is 122 cm³/mol. The number of aryl methyl sites for hydroxylation is 1. The van der Waals surface area contributed by atoms with Crippen LogP contribution in [0.1, 0.15) is 18.1 Å². The van der Waals surface area contributed by atoms with Crippen LogP contribution in [0.5, 0.6) is 5.75 Å². The number of allylic oxidation sites excluding steroid dienone is 2. The Hall–Kier alpha value is -2.95. The molecule has 0 bridgehead atoms. The van der Waals surface area contributed by atoms with Gasteiger partial charge in [-0.05, 0) is 49.8 Å². The van der Waals surface area contributed by atoms with E-state index in [-0.39, 0.29) is 10.8 Å². The lowest BCUT2D eigenvalue weighted by Gasteiger charge is -2.16. The van der Waals surface area contributed by atoms with Crippen LogP contribution in [0.3, 0.4) is 0 Å². The second-order valence-corrected chi connectivity index (χ2v) is 7.56. The molecule has 0 aliphatic rings. The van der Waals surface area contributed by atoms with Crippen LogP contribution in [0.2, 0.25) is 10.0 Å². The maximum absolute atomic E-state index is 12.8. The third kappa shape index (κ3) is 4.73. The van der Waals surface area contributed by atoms with Gasteiger partial charge < -0.3 is 15.7 Å². The number of hydrogen-bond acceptors (Lipinski definition) is 2. The van der Waals surface area contributed by atoms with Gasteiger partial charge in [0.2, 0.25) is 0 Å². The van der Waals surface area contributed by atoms with Crippen molar-refractivity contribution >= 4 is 51.4 Å². The van der Waals surface area contributed by atoms with Crippen LogP contribution in [-0.4, -0.2) is 11.1 Å². The molecule has 29 heavy (non-hydrogen) atoms. The average molecular weight is 427 g/mol. The first kappa shape index (κ1) is 20.8. The van der Waals surface area contributed by atoms with Gasteiger partial charge in [0.15, 0.2) is 0 Å². The summed E-state index contributed by atoms with van der Waals surface area (Å²) in [4.78, 5) is 12.8. The SMILES string of the molecule is C=C(C)/C=C(/NC(=O)Nc1c(Cl)cc(Cl)c2ccc(O)cc12)c1ccccc1C. The van der Waals surface area contributed by atoms with Crippen LogP contribution in [0.25, 0.3) is 16.5 Å². The van der Waals surface area contributed by atoms with Crippen LogP contribution in [-0.2, 0) is 0 Å². The number of rotatable bonds is 4. The number of hydrogen-bond donors (Lipinski definition) is 3. The maximum atomic E-state index is 12.8. The minimum atomic E-state index is -0.477. The largest absolute Gasteiger partial charge is 0.508 e. The van der Waals surface area contributed by atoms with Crippen LogP contribution < -0.4 is 10.6 Å². The molecule has 0 fully saturated rings. The number of phenolic OH excluding ortho intramolecular Hbond substituents is 1. The van der Waals surface area contributed by atoms with E-state index in [0.717, 1.165) is 16.7 Å². The molecular weight excluding hydrogens is 407 g/mol. The molecule has 0 spiro atoms. The smallest absolute Gasteiger partial charge is 0.323 e. The van der Waals surface area contributed by atoms with Crippen molar-refractivity contribution in [3.63, 3.8) is 0 Å². The molecule has 0 saturated heterocycles. The van der Waals surface area contributed by atoms with Gasteiger partial charge >= 0.3 is 6.03 Å². The first-order valence-corrected chi connectivity index (χ1v) is 9.64. The first-order chi connectivity index (χ1) is 13.8. The Balaban J connectivity index is 1.97. The number of amides is 2. The molecule has 6 heteroatoms. The van der Waals surface area contributed by atoms with Gasteiger partial charge in [-0.25, -0.2) is 4.79 Å². The first-order valence-electron chi connectivity index (χ1n) is 8.88. The van der Waals surface area contributed by atoms with Crippen molar-refractivity contribution in [3.8, 4) is 5.75 Å². The minimum absolute atomic E-state index is 0.0436. The fourth-order valence-electron chi connectivity index (χ4n) is 3.03. The lowest BCUT2D eigenvalue weighted by atomic mass is 10.0. The summed E-state index contributed by atoms with van der Waals surface area (Å²) in [6, 6.07) is 13.5. The van der Waals surface area contributed by atoms with E-state index in [4.69, 9.17) is 23.2 Å². The summed E-state index contributed by atoms with van der Waals surface area (Å²) in [5.74, 6) is 0.0436. The highest BCUT2D eigenvalue weighted by Gasteiger charge is 2.15. The van der Waals surface area contributed by atoms with Crippen molar-refractivity contribution in [2.24, 2.45) is 0 Å². The van der Waals surface area contributed by atoms with Crippen LogP contribution >= 0.6 is 23.2 Å². The number of aromatic hydroxyl groups is 1. The summed E-state index contributed by atoms with van der Waals surface area (Å²) < 4.78 is 0. The zero-order valence-electron chi connectivity index (χ0n) is 16.0. The molecule has 0 aromatic heterocycles. The van der Waals surface area contributed by atoms with E-state index in [1.807, 2.05) is 38.1 Å². The van der Waals surface area contributed by atoms with Gasteiger partial charge in [0.05, 0.1) is 21.4 Å². The zero-order chi connectivity index (χ0) is 21.1. The molecule has 3 N–H and O–H groups in total. The number of carbonyl (C=O) groups excluding carboxylic acids is 1. The molecule has 4 nitrogen and oxygen atoms in total. The molecule has 0 unspecified atom stereocenters. The average Bonchev–Trinajstić information content (AvgIpc) is 2.64. The van der Waals surface area contributed by atoms with Crippen molar-refractivity contribution in [2.45, 2.75) is 13.8 Å². The summed E-state index contributed by atoms with van der Waals surface area (Å²) in [7, 11) is 0. The highest BCUT2D eigenvalue weighted by atomic mass is 35.5. The summed E-state index contributed by atoms with van der Waals surface area (Å²) in [5.41, 5.74) is 3.67. The van der Waals surface area contributed by atoms with E-state index >= 15 is 0 Å². The molecule has 0 atom stereocenters.